The minimum atomic E-state index is -2.93. The van der Waals surface area contributed by atoms with Crippen LogP contribution in [0, 0.1) is 6.92 Å². The Balaban J connectivity index is 2.18. The van der Waals surface area contributed by atoms with Gasteiger partial charge in [-0.1, -0.05) is 12.1 Å². The molecule has 0 aliphatic rings. The number of sulfone groups is 1. The predicted molar refractivity (Wildman–Crippen MR) is 76.2 cm³/mol. The van der Waals surface area contributed by atoms with Crippen LogP contribution in [-0.2, 0) is 9.84 Å². The molecule has 0 aliphatic heterocycles. The van der Waals surface area contributed by atoms with Crippen LogP contribution in [0.1, 0.15) is 24.8 Å². The van der Waals surface area contributed by atoms with Gasteiger partial charge in [0.25, 0.3) is 0 Å². The molecule has 0 spiro atoms. The Morgan fingerprint density at radius 2 is 2.05 bits per heavy atom. The second kappa shape index (κ2) is 7.50. The van der Waals surface area contributed by atoms with Gasteiger partial charge in [0.15, 0.2) is 0 Å². The summed E-state index contributed by atoms with van der Waals surface area (Å²) in [6.07, 6.45) is 2.19. The van der Waals surface area contributed by atoms with Crippen molar-refractivity contribution in [3.8, 4) is 5.75 Å². The van der Waals surface area contributed by atoms with Crippen molar-refractivity contribution in [1.29, 1.82) is 0 Å². The highest BCUT2D eigenvalue weighted by molar-refractivity contribution is 7.90. The quantitative estimate of drug-likeness (QED) is 0.793. The Bertz CT molecular complexity index is 482. The van der Waals surface area contributed by atoms with E-state index < -0.39 is 15.9 Å². The van der Waals surface area contributed by atoms with E-state index in [9.17, 15) is 13.5 Å². The summed E-state index contributed by atoms with van der Waals surface area (Å²) in [5, 5.41) is 9.70. The molecule has 0 fully saturated rings. The molecule has 1 aromatic rings. The van der Waals surface area contributed by atoms with E-state index in [0.717, 1.165) is 11.3 Å². The lowest BCUT2D eigenvalue weighted by Crippen LogP contribution is -2.14. The van der Waals surface area contributed by atoms with Gasteiger partial charge in [-0.15, -0.1) is 0 Å². The van der Waals surface area contributed by atoms with E-state index >= 15 is 0 Å². The molecule has 1 unspecified atom stereocenters. The average molecular weight is 286 g/mol. The fourth-order valence-corrected chi connectivity index (χ4v) is 2.43. The number of hydrogen-bond donors (Lipinski definition) is 1. The highest BCUT2D eigenvalue weighted by Crippen LogP contribution is 2.13. The normalized spacial score (nSPS) is 13.2. The molecule has 0 aliphatic carbocycles. The first-order valence-electron chi connectivity index (χ1n) is 6.42. The summed E-state index contributed by atoms with van der Waals surface area (Å²) in [6.45, 7) is 2.43. The minimum absolute atomic E-state index is 0.128. The molecule has 0 saturated carbocycles. The molecule has 0 radical (unpaired) electrons. The highest BCUT2D eigenvalue weighted by Gasteiger charge is 2.07. The molecular weight excluding hydrogens is 264 g/mol. The SMILES string of the molecule is Cc1cccc(OCCC(O)CCCS(C)(=O)=O)c1. The Kier molecular flexibility index (Phi) is 6.31. The van der Waals surface area contributed by atoms with E-state index in [1.165, 1.54) is 6.26 Å². The van der Waals surface area contributed by atoms with Crippen LogP contribution in [0.15, 0.2) is 24.3 Å². The third-order valence-corrected chi connectivity index (χ3v) is 3.79. The van der Waals surface area contributed by atoms with Crippen molar-refractivity contribution in [3.05, 3.63) is 29.8 Å². The Labute approximate surface area is 115 Å². The van der Waals surface area contributed by atoms with Crippen molar-refractivity contribution < 1.29 is 18.3 Å². The van der Waals surface area contributed by atoms with Crippen LogP contribution in [0.5, 0.6) is 5.75 Å². The zero-order chi connectivity index (χ0) is 14.3. The minimum Gasteiger partial charge on any atom is -0.493 e. The molecule has 1 rings (SSSR count). The van der Waals surface area contributed by atoms with Gasteiger partial charge >= 0.3 is 0 Å². The summed E-state index contributed by atoms with van der Waals surface area (Å²) in [5.41, 5.74) is 1.13. The first-order chi connectivity index (χ1) is 8.87. The van der Waals surface area contributed by atoms with E-state index in [1.807, 2.05) is 31.2 Å². The summed E-state index contributed by atoms with van der Waals surface area (Å²) in [5.74, 6) is 0.923. The van der Waals surface area contributed by atoms with Crippen molar-refractivity contribution in [2.45, 2.75) is 32.3 Å². The summed E-state index contributed by atoms with van der Waals surface area (Å²) < 4.78 is 27.4. The maximum absolute atomic E-state index is 10.9. The lowest BCUT2D eigenvalue weighted by Gasteiger charge is -2.11. The molecular formula is C14H22O4S. The van der Waals surface area contributed by atoms with Gasteiger partial charge in [-0.3, -0.25) is 0 Å². The zero-order valence-corrected chi connectivity index (χ0v) is 12.3. The number of aliphatic hydroxyl groups excluding tert-OH is 1. The molecule has 1 aromatic carbocycles. The number of rotatable bonds is 8. The topological polar surface area (TPSA) is 63.6 Å². The molecule has 0 heterocycles. The van der Waals surface area contributed by atoms with E-state index in [2.05, 4.69) is 0 Å². The summed E-state index contributed by atoms with van der Waals surface area (Å²) in [4.78, 5) is 0. The van der Waals surface area contributed by atoms with Crippen LogP contribution in [0.25, 0.3) is 0 Å². The van der Waals surface area contributed by atoms with Crippen molar-refractivity contribution in [2.75, 3.05) is 18.6 Å². The molecule has 5 heteroatoms. The smallest absolute Gasteiger partial charge is 0.147 e. The van der Waals surface area contributed by atoms with Crippen LogP contribution in [0.4, 0.5) is 0 Å². The molecule has 0 bridgehead atoms. The van der Waals surface area contributed by atoms with Crippen molar-refractivity contribution in [2.24, 2.45) is 0 Å². The summed E-state index contributed by atoms with van der Waals surface area (Å²) >= 11 is 0. The molecule has 1 N–H and O–H groups in total. The standard InChI is InChI=1S/C14H22O4S/c1-12-5-3-7-14(11-12)18-9-8-13(15)6-4-10-19(2,16)17/h3,5,7,11,13,15H,4,6,8-10H2,1-2H3. The molecule has 0 saturated heterocycles. The van der Waals surface area contributed by atoms with E-state index in [1.54, 1.807) is 0 Å². The largest absolute Gasteiger partial charge is 0.493 e. The third kappa shape index (κ3) is 7.85. The van der Waals surface area contributed by atoms with Crippen molar-refractivity contribution >= 4 is 9.84 Å². The van der Waals surface area contributed by atoms with Gasteiger partial charge in [-0.25, -0.2) is 8.42 Å². The second-order valence-corrected chi connectivity index (χ2v) is 7.14. The van der Waals surface area contributed by atoms with Crippen molar-refractivity contribution in [3.63, 3.8) is 0 Å². The molecule has 4 nitrogen and oxygen atoms in total. The lowest BCUT2D eigenvalue weighted by atomic mass is 10.1. The van der Waals surface area contributed by atoms with Gasteiger partial charge in [0, 0.05) is 18.4 Å². The maximum atomic E-state index is 10.9. The average Bonchev–Trinajstić information content (AvgIpc) is 2.27. The maximum Gasteiger partial charge on any atom is 0.147 e. The van der Waals surface area contributed by atoms with E-state index in [4.69, 9.17) is 4.74 Å². The Morgan fingerprint density at radius 1 is 1.32 bits per heavy atom. The number of benzene rings is 1. The van der Waals surface area contributed by atoms with Gasteiger partial charge in [0.1, 0.15) is 15.6 Å². The van der Waals surface area contributed by atoms with Gasteiger partial charge < -0.3 is 9.84 Å². The number of ether oxygens (including phenoxy) is 1. The van der Waals surface area contributed by atoms with Crippen molar-refractivity contribution in [1.82, 2.24) is 0 Å². The molecule has 0 amide bonds. The fourth-order valence-electron chi connectivity index (χ4n) is 1.74. The zero-order valence-electron chi connectivity index (χ0n) is 11.5. The van der Waals surface area contributed by atoms with Gasteiger partial charge in [-0.05, 0) is 37.5 Å². The first kappa shape index (κ1) is 16.0. The van der Waals surface area contributed by atoms with Crippen LogP contribution >= 0.6 is 0 Å². The van der Waals surface area contributed by atoms with Crippen LogP contribution < -0.4 is 4.74 Å². The monoisotopic (exact) mass is 286 g/mol. The molecule has 108 valence electrons. The van der Waals surface area contributed by atoms with Gasteiger partial charge in [-0.2, -0.15) is 0 Å². The predicted octanol–water partition coefficient (Wildman–Crippen LogP) is 1.95. The Hall–Kier alpha value is -1.07. The van der Waals surface area contributed by atoms with E-state index in [-0.39, 0.29) is 5.75 Å². The summed E-state index contributed by atoms with van der Waals surface area (Å²) in [7, 11) is -2.93. The van der Waals surface area contributed by atoms with Gasteiger partial charge in [0.05, 0.1) is 12.7 Å². The Morgan fingerprint density at radius 3 is 2.68 bits per heavy atom. The number of hydrogen-bond acceptors (Lipinski definition) is 4. The molecule has 0 aromatic heterocycles. The first-order valence-corrected chi connectivity index (χ1v) is 8.48. The number of aryl methyl sites for hydroxylation is 1. The highest BCUT2D eigenvalue weighted by atomic mass is 32.2. The molecule has 19 heavy (non-hydrogen) atoms. The van der Waals surface area contributed by atoms with Gasteiger partial charge in [0.2, 0.25) is 0 Å². The van der Waals surface area contributed by atoms with Crippen LogP contribution in [0.3, 0.4) is 0 Å². The molecule has 1 atom stereocenters. The second-order valence-electron chi connectivity index (χ2n) is 4.88. The van der Waals surface area contributed by atoms with Crippen LogP contribution in [-0.4, -0.2) is 38.2 Å². The van der Waals surface area contributed by atoms with E-state index in [0.29, 0.717) is 25.9 Å². The lowest BCUT2D eigenvalue weighted by molar-refractivity contribution is 0.130. The van der Waals surface area contributed by atoms with Crippen LogP contribution in [0.2, 0.25) is 0 Å². The third-order valence-electron chi connectivity index (χ3n) is 2.76. The fraction of sp³-hybridized carbons (Fsp3) is 0.571. The number of aliphatic hydroxyl groups is 1. The summed E-state index contributed by atoms with van der Waals surface area (Å²) in [6, 6.07) is 7.74.